The highest BCUT2D eigenvalue weighted by Gasteiger charge is 2.17. The molecule has 2 N–H and O–H groups in total. The number of nitrogens with two attached hydrogens (primary N) is 1. The quantitative estimate of drug-likeness (QED) is 0.867. The summed E-state index contributed by atoms with van der Waals surface area (Å²) < 4.78 is 24.6. The summed E-state index contributed by atoms with van der Waals surface area (Å²) in [7, 11) is -3.32. The fourth-order valence-electron chi connectivity index (χ4n) is 1.88. The van der Waals surface area contributed by atoms with Crippen molar-refractivity contribution in [2.24, 2.45) is 0 Å². The van der Waals surface area contributed by atoms with Crippen LogP contribution in [-0.2, 0) is 16.3 Å². The van der Waals surface area contributed by atoms with E-state index in [0.717, 1.165) is 5.56 Å². The van der Waals surface area contributed by atoms with Gasteiger partial charge in [0.05, 0.1) is 10.6 Å². The smallest absolute Gasteiger partial charge is 0.179 e. The summed E-state index contributed by atoms with van der Waals surface area (Å²) in [6, 6.07) is 8.64. The predicted molar refractivity (Wildman–Crippen MR) is 75.6 cm³/mol. The number of nitrogens with zero attached hydrogens (tertiary/aromatic N) is 1. The maximum absolute atomic E-state index is 12.3. The first kappa shape index (κ1) is 13.5. The third-order valence-corrected chi connectivity index (χ3v) is 4.90. The van der Waals surface area contributed by atoms with E-state index < -0.39 is 9.84 Å². The Morgan fingerprint density at radius 3 is 2.68 bits per heavy atom. The van der Waals surface area contributed by atoms with Gasteiger partial charge in [-0.2, -0.15) is 0 Å². The van der Waals surface area contributed by atoms with Crippen LogP contribution in [0.5, 0.6) is 0 Å². The van der Waals surface area contributed by atoms with Crippen molar-refractivity contribution >= 4 is 15.5 Å². The number of anilines is 1. The van der Waals surface area contributed by atoms with Gasteiger partial charge in [-0.15, -0.1) is 0 Å². The van der Waals surface area contributed by atoms with Gasteiger partial charge in [0.25, 0.3) is 0 Å². The van der Waals surface area contributed by atoms with Crippen LogP contribution in [0.2, 0.25) is 0 Å². The molecular weight excluding hydrogens is 260 g/mol. The van der Waals surface area contributed by atoms with Gasteiger partial charge in [0, 0.05) is 18.1 Å². The van der Waals surface area contributed by atoms with Crippen molar-refractivity contribution in [2.75, 3.05) is 11.5 Å². The molecule has 0 radical (unpaired) electrons. The molecule has 0 aliphatic rings. The second-order valence-corrected chi connectivity index (χ2v) is 6.48. The summed E-state index contributed by atoms with van der Waals surface area (Å²) in [5.41, 5.74) is 7.78. The number of hydrogen-bond donors (Lipinski definition) is 1. The molecule has 0 unspecified atom stereocenters. The van der Waals surface area contributed by atoms with Crippen LogP contribution in [-0.4, -0.2) is 19.2 Å². The monoisotopic (exact) mass is 276 g/mol. The molecule has 0 aliphatic heterocycles. The second kappa shape index (κ2) is 5.40. The SMILES string of the molecule is Cc1c(N)cccc1S(=O)(=O)CCc1cccnc1. The highest BCUT2D eigenvalue weighted by atomic mass is 32.2. The topological polar surface area (TPSA) is 73.1 Å². The molecule has 0 saturated heterocycles. The Morgan fingerprint density at radius 2 is 2.00 bits per heavy atom. The number of benzene rings is 1. The highest BCUT2D eigenvalue weighted by molar-refractivity contribution is 7.91. The third-order valence-electron chi connectivity index (χ3n) is 3.04. The lowest BCUT2D eigenvalue weighted by molar-refractivity contribution is 0.594. The van der Waals surface area contributed by atoms with Gasteiger partial charge in [0.15, 0.2) is 9.84 Å². The van der Waals surface area contributed by atoms with Crippen LogP contribution >= 0.6 is 0 Å². The molecule has 4 nitrogen and oxygen atoms in total. The number of sulfone groups is 1. The molecule has 0 aliphatic carbocycles. The van der Waals surface area contributed by atoms with Gasteiger partial charge in [-0.05, 0) is 42.7 Å². The van der Waals surface area contributed by atoms with E-state index in [0.29, 0.717) is 22.6 Å². The number of rotatable bonds is 4. The van der Waals surface area contributed by atoms with Gasteiger partial charge in [-0.1, -0.05) is 12.1 Å². The van der Waals surface area contributed by atoms with Crippen molar-refractivity contribution in [3.63, 3.8) is 0 Å². The number of nitrogen functional groups attached to an aromatic ring is 1. The first-order valence-electron chi connectivity index (χ1n) is 5.97. The normalized spacial score (nSPS) is 11.4. The number of hydrogen-bond acceptors (Lipinski definition) is 4. The molecule has 19 heavy (non-hydrogen) atoms. The Bertz CT molecular complexity index is 667. The largest absolute Gasteiger partial charge is 0.398 e. The summed E-state index contributed by atoms with van der Waals surface area (Å²) in [6.07, 6.45) is 3.80. The van der Waals surface area contributed by atoms with Crippen LogP contribution in [0.1, 0.15) is 11.1 Å². The Morgan fingerprint density at radius 1 is 1.21 bits per heavy atom. The zero-order valence-corrected chi connectivity index (χ0v) is 11.5. The van der Waals surface area contributed by atoms with E-state index in [1.165, 1.54) is 0 Å². The molecule has 2 aromatic rings. The minimum Gasteiger partial charge on any atom is -0.398 e. The van der Waals surface area contributed by atoms with Gasteiger partial charge < -0.3 is 5.73 Å². The summed E-state index contributed by atoms with van der Waals surface area (Å²) in [4.78, 5) is 4.29. The Labute approximate surface area is 113 Å². The van der Waals surface area contributed by atoms with E-state index in [1.807, 2.05) is 6.07 Å². The lowest BCUT2D eigenvalue weighted by Gasteiger charge is -2.09. The van der Waals surface area contributed by atoms with Crippen LogP contribution in [0.15, 0.2) is 47.6 Å². The average Bonchev–Trinajstić information content (AvgIpc) is 2.41. The van der Waals surface area contributed by atoms with Crippen molar-refractivity contribution in [3.8, 4) is 0 Å². The van der Waals surface area contributed by atoms with Crippen LogP contribution < -0.4 is 5.73 Å². The van der Waals surface area contributed by atoms with E-state index in [9.17, 15) is 8.42 Å². The maximum atomic E-state index is 12.3. The molecule has 0 amide bonds. The van der Waals surface area contributed by atoms with Gasteiger partial charge in [-0.25, -0.2) is 8.42 Å². The van der Waals surface area contributed by atoms with Crippen molar-refractivity contribution < 1.29 is 8.42 Å². The van der Waals surface area contributed by atoms with Crippen LogP contribution in [0.4, 0.5) is 5.69 Å². The van der Waals surface area contributed by atoms with E-state index in [4.69, 9.17) is 5.73 Å². The molecule has 0 bridgehead atoms. The van der Waals surface area contributed by atoms with E-state index in [2.05, 4.69) is 4.98 Å². The van der Waals surface area contributed by atoms with Crippen molar-refractivity contribution in [1.82, 2.24) is 4.98 Å². The summed E-state index contributed by atoms with van der Waals surface area (Å²) >= 11 is 0. The predicted octanol–water partition coefficient (Wildman–Crippen LogP) is 1.99. The summed E-state index contributed by atoms with van der Waals surface area (Å²) in [6.45, 7) is 1.73. The lowest BCUT2D eigenvalue weighted by Crippen LogP contribution is -2.11. The summed E-state index contributed by atoms with van der Waals surface area (Å²) in [5.74, 6) is 0.0585. The second-order valence-electron chi connectivity index (χ2n) is 4.40. The standard InChI is InChI=1S/C14H16N2O2S/c1-11-13(15)5-2-6-14(11)19(17,18)9-7-12-4-3-8-16-10-12/h2-6,8,10H,7,9,15H2,1H3. The lowest BCUT2D eigenvalue weighted by atomic mass is 10.2. The Hall–Kier alpha value is -1.88. The molecule has 0 atom stereocenters. The fraction of sp³-hybridized carbons (Fsp3) is 0.214. The van der Waals surface area contributed by atoms with E-state index >= 15 is 0 Å². The zero-order chi connectivity index (χ0) is 13.9. The number of pyridine rings is 1. The van der Waals surface area contributed by atoms with Gasteiger partial charge in [-0.3, -0.25) is 4.98 Å². The first-order chi connectivity index (χ1) is 9.00. The van der Waals surface area contributed by atoms with Crippen LogP contribution in [0, 0.1) is 6.92 Å². The third kappa shape index (κ3) is 3.12. The molecular formula is C14H16N2O2S. The highest BCUT2D eigenvalue weighted by Crippen LogP contribution is 2.22. The number of aromatic nitrogens is 1. The van der Waals surface area contributed by atoms with Gasteiger partial charge >= 0.3 is 0 Å². The molecule has 1 aromatic heterocycles. The van der Waals surface area contributed by atoms with E-state index in [-0.39, 0.29) is 5.75 Å². The maximum Gasteiger partial charge on any atom is 0.179 e. The first-order valence-corrected chi connectivity index (χ1v) is 7.63. The van der Waals surface area contributed by atoms with Gasteiger partial charge in [0.1, 0.15) is 0 Å². The summed E-state index contributed by atoms with van der Waals surface area (Å²) in [5, 5.41) is 0. The van der Waals surface area contributed by atoms with Crippen LogP contribution in [0.25, 0.3) is 0 Å². The molecule has 1 heterocycles. The Balaban J connectivity index is 2.22. The Kier molecular flexibility index (Phi) is 3.85. The molecule has 1 aromatic carbocycles. The molecule has 5 heteroatoms. The molecule has 100 valence electrons. The molecule has 2 rings (SSSR count). The van der Waals surface area contributed by atoms with Gasteiger partial charge in [0.2, 0.25) is 0 Å². The van der Waals surface area contributed by atoms with Crippen molar-refractivity contribution in [2.45, 2.75) is 18.2 Å². The minimum atomic E-state index is -3.32. The zero-order valence-electron chi connectivity index (χ0n) is 10.7. The van der Waals surface area contributed by atoms with Crippen LogP contribution in [0.3, 0.4) is 0 Å². The molecule has 0 saturated carbocycles. The van der Waals surface area contributed by atoms with Crippen molar-refractivity contribution in [1.29, 1.82) is 0 Å². The minimum absolute atomic E-state index is 0.0585. The van der Waals surface area contributed by atoms with Crippen molar-refractivity contribution in [3.05, 3.63) is 53.9 Å². The fourth-order valence-corrected chi connectivity index (χ4v) is 3.47. The average molecular weight is 276 g/mol. The number of aryl methyl sites for hydroxylation is 1. The molecule has 0 fully saturated rings. The molecule has 0 spiro atoms. The van der Waals surface area contributed by atoms with E-state index in [1.54, 1.807) is 43.6 Å².